The molecule has 1 fully saturated rings. The van der Waals surface area contributed by atoms with Crippen LogP contribution in [-0.4, -0.2) is 17.6 Å². The van der Waals surface area contributed by atoms with Gasteiger partial charge in [-0.3, -0.25) is 0 Å². The molecule has 0 bridgehead atoms. The van der Waals surface area contributed by atoms with Crippen LogP contribution in [0.5, 0.6) is 5.88 Å². The highest BCUT2D eigenvalue weighted by molar-refractivity contribution is 5.53. The van der Waals surface area contributed by atoms with Crippen molar-refractivity contribution in [1.29, 1.82) is 0 Å². The summed E-state index contributed by atoms with van der Waals surface area (Å²) in [6.45, 7) is 7.19. The van der Waals surface area contributed by atoms with Gasteiger partial charge in [-0.05, 0) is 50.2 Å². The van der Waals surface area contributed by atoms with Crippen LogP contribution in [0, 0.1) is 11.8 Å². The standard InChI is InChI=1S/C15H25N3O/c1-4-19-15-13(16)7-8-14(18-15)17-12-6-5-10(2)11(3)9-12/h7-8,10-12H,4-6,9,16H2,1-3H3,(H,17,18). The molecule has 1 saturated carbocycles. The predicted molar refractivity (Wildman–Crippen MR) is 79.4 cm³/mol. The van der Waals surface area contributed by atoms with E-state index in [1.807, 2.05) is 19.1 Å². The van der Waals surface area contributed by atoms with E-state index >= 15 is 0 Å². The first-order valence-electron chi connectivity index (χ1n) is 7.26. The first kappa shape index (κ1) is 14.0. The van der Waals surface area contributed by atoms with Gasteiger partial charge >= 0.3 is 0 Å². The lowest BCUT2D eigenvalue weighted by Gasteiger charge is -2.32. The third-order valence-corrected chi connectivity index (χ3v) is 4.12. The molecule has 3 atom stereocenters. The third-order valence-electron chi connectivity index (χ3n) is 4.12. The predicted octanol–water partition coefficient (Wildman–Crippen LogP) is 3.30. The van der Waals surface area contributed by atoms with Crippen LogP contribution in [0.1, 0.15) is 40.0 Å². The van der Waals surface area contributed by atoms with E-state index in [1.54, 1.807) is 0 Å². The molecule has 0 saturated heterocycles. The number of aromatic nitrogens is 1. The second kappa shape index (κ2) is 6.13. The molecule has 2 rings (SSSR count). The molecule has 1 heterocycles. The van der Waals surface area contributed by atoms with Crippen molar-refractivity contribution in [3.05, 3.63) is 12.1 Å². The molecule has 3 unspecified atom stereocenters. The maximum absolute atomic E-state index is 5.83. The summed E-state index contributed by atoms with van der Waals surface area (Å²) in [5, 5.41) is 3.51. The molecule has 0 spiro atoms. The maximum Gasteiger partial charge on any atom is 0.239 e. The van der Waals surface area contributed by atoms with Gasteiger partial charge < -0.3 is 15.8 Å². The summed E-state index contributed by atoms with van der Waals surface area (Å²) in [6.07, 6.45) is 3.70. The SMILES string of the molecule is CCOc1nc(NC2CCC(C)C(C)C2)ccc1N. The van der Waals surface area contributed by atoms with Gasteiger partial charge in [-0.1, -0.05) is 13.8 Å². The van der Waals surface area contributed by atoms with Crippen LogP contribution in [0.4, 0.5) is 11.5 Å². The monoisotopic (exact) mass is 263 g/mol. The Balaban J connectivity index is 2.01. The molecule has 4 nitrogen and oxygen atoms in total. The minimum absolute atomic E-state index is 0.511. The molecule has 0 aliphatic heterocycles. The van der Waals surface area contributed by atoms with Gasteiger partial charge in [0.05, 0.1) is 12.3 Å². The first-order valence-corrected chi connectivity index (χ1v) is 7.26. The number of rotatable bonds is 4. The molecule has 1 aliphatic rings. The van der Waals surface area contributed by atoms with Crippen molar-refractivity contribution in [2.75, 3.05) is 17.7 Å². The fraction of sp³-hybridized carbons (Fsp3) is 0.667. The number of nitrogens with one attached hydrogen (secondary N) is 1. The van der Waals surface area contributed by atoms with Crippen molar-refractivity contribution in [3.8, 4) is 5.88 Å². The smallest absolute Gasteiger partial charge is 0.239 e. The lowest BCUT2D eigenvalue weighted by atomic mass is 9.79. The average molecular weight is 263 g/mol. The number of nitrogens with zero attached hydrogens (tertiary/aromatic N) is 1. The average Bonchev–Trinajstić information content (AvgIpc) is 2.38. The fourth-order valence-corrected chi connectivity index (χ4v) is 2.67. The Morgan fingerprint density at radius 1 is 1.32 bits per heavy atom. The van der Waals surface area contributed by atoms with Crippen LogP contribution >= 0.6 is 0 Å². The van der Waals surface area contributed by atoms with Crippen LogP contribution in [-0.2, 0) is 0 Å². The van der Waals surface area contributed by atoms with Gasteiger partial charge in [0.25, 0.3) is 0 Å². The number of nitrogen functional groups attached to an aromatic ring is 1. The Morgan fingerprint density at radius 2 is 2.11 bits per heavy atom. The molecule has 0 aromatic carbocycles. The van der Waals surface area contributed by atoms with Gasteiger partial charge in [-0.2, -0.15) is 4.98 Å². The quantitative estimate of drug-likeness (QED) is 0.875. The van der Waals surface area contributed by atoms with Crippen LogP contribution in [0.3, 0.4) is 0 Å². The van der Waals surface area contributed by atoms with Gasteiger partial charge in [0, 0.05) is 6.04 Å². The minimum atomic E-state index is 0.511. The van der Waals surface area contributed by atoms with Crippen molar-refractivity contribution in [2.45, 2.75) is 46.1 Å². The zero-order valence-electron chi connectivity index (χ0n) is 12.1. The topological polar surface area (TPSA) is 60.2 Å². The van der Waals surface area contributed by atoms with E-state index in [9.17, 15) is 0 Å². The van der Waals surface area contributed by atoms with E-state index in [2.05, 4.69) is 24.1 Å². The molecule has 3 N–H and O–H groups in total. The van der Waals surface area contributed by atoms with Crippen molar-refractivity contribution in [3.63, 3.8) is 0 Å². The third kappa shape index (κ3) is 3.52. The highest BCUT2D eigenvalue weighted by atomic mass is 16.5. The zero-order chi connectivity index (χ0) is 13.8. The fourth-order valence-electron chi connectivity index (χ4n) is 2.67. The first-order chi connectivity index (χ1) is 9.10. The summed E-state index contributed by atoms with van der Waals surface area (Å²) >= 11 is 0. The van der Waals surface area contributed by atoms with Gasteiger partial charge in [0.15, 0.2) is 0 Å². The number of ether oxygens (including phenoxy) is 1. The van der Waals surface area contributed by atoms with Gasteiger partial charge in [-0.25, -0.2) is 0 Å². The zero-order valence-corrected chi connectivity index (χ0v) is 12.1. The van der Waals surface area contributed by atoms with Crippen LogP contribution in [0.25, 0.3) is 0 Å². The Hall–Kier alpha value is -1.45. The molecule has 19 heavy (non-hydrogen) atoms. The maximum atomic E-state index is 5.83. The number of nitrogens with two attached hydrogens (primary N) is 1. The van der Waals surface area contributed by atoms with E-state index in [0.717, 1.165) is 17.7 Å². The molecule has 1 aromatic rings. The summed E-state index contributed by atoms with van der Waals surface area (Å²) < 4.78 is 5.43. The number of hydrogen-bond donors (Lipinski definition) is 2. The molecular formula is C15H25N3O. The van der Waals surface area contributed by atoms with E-state index in [0.29, 0.717) is 24.2 Å². The van der Waals surface area contributed by atoms with Crippen molar-refractivity contribution in [1.82, 2.24) is 4.98 Å². The Kier molecular flexibility index (Phi) is 4.51. The van der Waals surface area contributed by atoms with Gasteiger partial charge in [-0.15, -0.1) is 0 Å². The van der Waals surface area contributed by atoms with Crippen LogP contribution in [0.2, 0.25) is 0 Å². The van der Waals surface area contributed by atoms with Crippen LogP contribution < -0.4 is 15.8 Å². The van der Waals surface area contributed by atoms with Crippen molar-refractivity contribution < 1.29 is 4.74 Å². The highest BCUT2D eigenvalue weighted by Gasteiger charge is 2.24. The summed E-state index contributed by atoms with van der Waals surface area (Å²) in [4.78, 5) is 4.44. The van der Waals surface area contributed by atoms with Gasteiger partial charge in [0.2, 0.25) is 5.88 Å². The molecule has 106 valence electrons. The molecule has 1 aliphatic carbocycles. The van der Waals surface area contributed by atoms with E-state index in [1.165, 1.54) is 19.3 Å². The molecular weight excluding hydrogens is 238 g/mol. The number of pyridine rings is 1. The summed E-state index contributed by atoms with van der Waals surface area (Å²) in [7, 11) is 0. The Morgan fingerprint density at radius 3 is 2.79 bits per heavy atom. The normalized spacial score (nSPS) is 27.0. The van der Waals surface area contributed by atoms with Crippen molar-refractivity contribution >= 4 is 11.5 Å². The summed E-state index contributed by atoms with van der Waals surface area (Å²) in [5.41, 5.74) is 6.43. The second-order valence-electron chi connectivity index (χ2n) is 5.63. The second-order valence-corrected chi connectivity index (χ2v) is 5.63. The summed E-state index contributed by atoms with van der Waals surface area (Å²) in [6, 6.07) is 4.30. The molecule has 0 amide bonds. The highest BCUT2D eigenvalue weighted by Crippen LogP contribution is 2.31. The van der Waals surface area contributed by atoms with E-state index < -0.39 is 0 Å². The Bertz CT molecular complexity index is 422. The Labute approximate surface area is 115 Å². The largest absolute Gasteiger partial charge is 0.476 e. The number of hydrogen-bond acceptors (Lipinski definition) is 4. The molecule has 0 radical (unpaired) electrons. The van der Waals surface area contributed by atoms with E-state index in [4.69, 9.17) is 10.5 Å². The van der Waals surface area contributed by atoms with Crippen LogP contribution in [0.15, 0.2) is 12.1 Å². The number of anilines is 2. The minimum Gasteiger partial charge on any atom is -0.476 e. The van der Waals surface area contributed by atoms with Gasteiger partial charge in [0.1, 0.15) is 5.82 Å². The molecule has 1 aromatic heterocycles. The lowest BCUT2D eigenvalue weighted by molar-refractivity contribution is 0.260. The summed E-state index contributed by atoms with van der Waals surface area (Å²) in [5.74, 6) is 3.00. The van der Waals surface area contributed by atoms with Crippen molar-refractivity contribution in [2.24, 2.45) is 11.8 Å². The lowest BCUT2D eigenvalue weighted by Crippen LogP contribution is -2.30. The van der Waals surface area contributed by atoms with E-state index in [-0.39, 0.29) is 0 Å². The molecule has 4 heteroatoms.